The molecule has 3 rings (SSSR count). The van der Waals surface area contributed by atoms with Gasteiger partial charge in [0.1, 0.15) is 0 Å². The minimum absolute atomic E-state index is 0.234. The Balaban J connectivity index is 1.95. The molecule has 0 aliphatic rings. The van der Waals surface area contributed by atoms with Crippen molar-refractivity contribution < 1.29 is 4.79 Å². The normalized spacial score (nSPS) is 12.0. The largest absolute Gasteiger partial charge is 0.326 e. The predicted molar refractivity (Wildman–Crippen MR) is 131 cm³/mol. The van der Waals surface area contributed by atoms with Crippen molar-refractivity contribution in [2.24, 2.45) is 4.99 Å². The maximum absolute atomic E-state index is 12.9. The van der Waals surface area contributed by atoms with E-state index >= 15 is 0 Å². The van der Waals surface area contributed by atoms with E-state index in [0.29, 0.717) is 38.3 Å². The molecular weight excluding hydrogens is 467 g/mol. The quantitative estimate of drug-likeness (QED) is 0.306. The minimum atomic E-state index is -0.403. The van der Waals surface area contributed by atoms with Crippen molar-refractivity contribution in [1.82, 2.24) is 5.32 Å². The summed E-state index contributed by atoms with van der Waals surface area (Å²) >= 11 is 18.4. The summed E-state index contributed by atoms with van der Waals surface area (Å²) in [5.74, 6) is -0.170. The van der Waals surface area contributed by atoms with Crippen LogP contribution < -0.4 is 10.6 Å². The second kappa shape index (κ2) is 11.0. The Hall–Kier alpha value is -3.04. The van der Waals surface area contributed by atoms with Gasteiger partial charge in [0.25, 0.3) is 5.91 Å². The average molecular weight is 486 g/mol. The highest BCUT2D eigenvalue weighted by Gasteiger charge is 2.16. The molecular formula is C24H19Cl3N4O. The molecule has 0 aliphatic carbocycles. The number of hydrogen-bond donors (Lipinski definition) is 2. The van der Waals surface area contributed by atoms with E-state index in [4.69, 9.17) is 45.1 Å². The van der Waals surface area contributed by atoms with Crippen molar-refractivity contribution in [3.63, 3.8) is 0 Å². The van der Waals surface area contributed by atoms with E-state index in [2.05, 4.69) is 10.6 Å². The maximum Gasteiger partial charge on any atom is 0.258 e. The Labute approximate surface area is 201 Å². The zero-order valence-corrected chi connectivity index (χ0v) is 19.3. The number of anilines is 1. The van der Waals surface area contributed by atoms with Crippen LogP contribution in [0.15, 0.2) is 71.7 Å². The van der Waals surface area contributed by atoms with Crippen molar-refractivity contribution >= 4 is 52.4 Å². The molecule has 1 atom stereocenters. The first-order chi connectivity index (χ1) is 15.4. The number of nitrogens with one attached hydrogen (secondary N) is 2. The van der Waals surface area contributed by atoms with Crippen molar-refractivity contribution in [2.45, 2.75) is 19.4 Å². The number of carbonyl (C=O) groups excluding carboxylic acids is 1. The zero-order chi connectivity index (χ0) is 23.1. The van der Waals surface area contributed by atoms with Gasteiger partial charge in [0.05, 0.1) is 17.7 Å². The highest BCUT2D eigenvalue weighted by molar-refractivity contribution is 6.35. The van der Waals surface area contributed by atoms with Crippen molar-refractivity contribution in [3.05, 3.63) is 98.5 Å². The lowest BCUT2D eigenvalue weighted by atomic mass is 10.1. The van der Waals surface area contributed by atoms with Crippen molar-refractivity contribution in [3.8, 4) is 6.07 Å². The Kier molecular flexibility index (Phi) is 8.13. The van der Waals surface area contributed by atoms with Crippen molar-refractivity contribution in [1.29, 1.82) is 5.26 Å². The topological polar surface area (TPSA) is 77.3 Å². The van der Waals surface area contributed by atoms with Crippen LogP contribution >= 0.6 is 34.8 Å². The molecule has 3 aromatic rings. The number of nitriles is 1. The fourth-order valence-corrected chi connectivity index (χ4v) is 3.64. The molecule has 5 nitrogen and oxygen atoms in total. The van der Waals surface area contributed by atoms with Crippen LogP contribution in [0.3, 0.4) is 0 Å². The number of rotatable bonds is 5. The van der Waals surface area contributed by atoms with Crippen LogP contribution in [0.4, 0.5) is 5.69 Å². The lowest BCUT2D eigenvalue weighted by Gasteiger charge is -2.17. The maximum atomic E-state index is 12.9. The molecule has 1 unspecified atom stereocenters. The Morgan fingerprint density at radius 1 is 1.03 bits per heavy atom. The van der Waals surface area contributed by atoms with Crippen LogP contribution in [0, 0.1) is 11.3 Å². The summed E-state index contributed by atoms with van der Waals surface area (Å²) in [5.41, 5.74) is 2.21. The van der Waals surface area contributed by atoms with E-state index in [1.165, 1.54) is 6.07 Å². The summed E-state index contributed by atoms with van der Waals surface area (Å²) in [5, 5.41) is 16.7. The van der Waals surface area contributed by atoms with Crippen LogP contribution in [-0.2, 0) is 0 Å². The third-order valence-corrected chi connectivity index (χ3v) is 5.40. The number of hydrogen-bond acceptors (Lipinski definition) is 3. The van der Waals surface area contributed by atoms with Crippen LogP contribution in [0.1, 0.15) is 40.9 Å². The molecule has 1 amide bonds. The van der Waals surface area contributed by atoms with Crippen LogP contribution in [0.2, 0.25) is 15.1 Å². The SMILES string of the molecule is CCC(N=C(NC(=O)c1cccc(C#N)c1)Nc1ccc(Cl)cc1)c1ccc(Cl)cc1Cl. The van der Waals surface area contributed by atoms with E-state index in [-0.39, 0.29) is 12.0 Å². The van der Waals surface area contributed by atoms with Gasteiger partial charge in [-0.15, -0.1) is 0 Å². The second-order valence-electron chi connectivity index (χ2n) is 6.85. The Bertz CT molecular complexity index is 1190. The minimum Gasteiger partial charge on any atom is -0.326 e. The number of aliphatic imine (C=N–C) groups is 1. The summed E-state index contributed by atoms with van der Waals surface area (Å²) in [4.78, 5) is 17.6. The fraction of sp³-hybridized carbons (Fsp3) is 0.125. The lowest BCUT2D eigenvalue weighted by Crippen LogP contribution is -2.36. The van der Waals surface area contributed by atoms with Gasteiger partial charge in [-0.1, -0.05) is 53.9 Å². The summed E-state index contributed by atoms with van der Waals surface area (Å²) in [6.45, 7) is 1.97. The summed E-state index contributed by atoms with van der Waals surface area (Å²) in [6, 6.07) is 20.4. The second-order valence-corrected chi connectivity index (χ2v) is 8.13. The molecule has 0 fully saturated rings. The van der Waals surface area contributed by atoms with Gasteiger partial charge in [0.2, 0.25) is 5.96 Å². The molecule has 0 heterocycles. The smallest absolute Gasteiger partial charge is 0.258 e. The average Bonchev–Trinajstić information content (AvgIpc) is 2.79. The van der Waals surface area contributed by atoms with Gasteiger partial charge < -0.3 is 5.32 Å². The van der Waals surface area contributed by atoms with E-state index < -0.39 is 5.91 Å². The first kappa shape index (κ1) is 23.6. The van der Waals surface area contributed by atoms with E-state index in [9.17, 15) is 4.79 Å². The molecule has 0 aromatic heterocycles. The molecule has 162 valence electrons. The van der Waals surface area contributed by atoms with Gasteiger partial charge >= 0.3 is 0 Å². The van der Waals surface area contributed by atoms with Crippen LogP contribution in [0.25, 0.3) is 0 Å². The van der Waals surface area contributed by atoms with Gasteiger partial charge in [-0.2, -0.15) is 5.26 Å². The Morgan fingerprint density at radius 2 is 1.75 bits per heavy atom. The molecule has 0 aliphatic heterocycles. The number of carbonyl (C=O) groups is 1. The predicted octanol–water partition coefficient (Wildman–Crippen LogP) is 6.87. The first-order valence-electron chi connectivity index (χ1n) is 9.76. The molecule has 0 saturated heterocycles. The van der Waals surface area contributed by atoms with Crippen molar-refractivity contribution in [2.75, 3.05) is 5.32 Å². The summed E-state index contributed by atoms with van der Waals surface area (Å²) < 4.78 is 0. The molecule has 0 bridgehead atoms. The van der Waals surface area contributed by atoms with Crippen LogP contribution in [0.5, 0.6) is 0 Å². The highest BCUT2D eigenvalue weighted by atomic mass is 35.5. The third kappa shape index (κ3) is 6.24. The lowest BCUT2D eigenvalue weighted by molar-refractivity contribution is 0.0977. The Morgan fingerprint density at radius 3 is 2.41 bits per heavy atom. The van der Waals surface area contributed by atoms with Crippen LogP contribution in [-0.4, -0.2) is 11.9 Å². The third-order valence-electron chi connectivity index (χ3n) is 4.59. The number of guanidine groups is 1. The van der Waals surface area contributed by atoms with E-state index in [1.54, 1.807) is 54.6 Å². The summed E-state index contributed by atoms with van der Waals surface area (Å²) in [7, 11) is 0. The first-order valence-corrected chi connectivity index (χ1v) is 10.9. The van der Waals surface area contributed by atoms with Gasteiger partial charge in [-0.05, 0) is 66.6 Å². The zero-order valence-electron chi connectivity index (χ0n) is 17.1. The number of benzene rings is 3. The molecule has 2 N–H and O–H groups in total. The summed E-state index contributed by atoms with van der Waals surface area (Å²) in [6.07, 6.45) is 0.632. The number of nitrogens with zero attached hydrogens (tertiary/aromatic N) is 2. The number of amides is 1. The molecule has 3 aromatic carbocycles. The molecule has 0 saturated carbocycles. The molecule has 32 heavy (non-hydrogen) atoms. The van der Waals surface area contributed by atoms with Gasteiger partial charge in [-0.3, -0.25) is 10.1 Å². The van der Waals surface area contributed by atoms with Gasteiger partial charge in [0, 0.05) is 26.3 Å². The standard InChI is InChI=1S/C24H19Cl3N4O/c1-2-22(20-11-8-18(26)13-21(20)27)30-24(29-19-9-6-17(25)7-10-19)31-23(32)16-5-3-4-15(12-16)14-28/h3-13,22H,2H2,1H3,(H2,29,30,31,32). The number of halogens is 3. The molecule has 8 heteroatoms. The van der Waals surface area contributed by atoms with Gasteiger partial charge in [-0.25, -0.2) is 4.99 Å². The fourth-order valence-electron chi connectivity index (χ4n) is 2.98. The monoisotopic (exact) mass is 484 g/mol. The van der Waals surface area contributed by atoms with E-state index in [1.807, 2.05) is 19.1 Å². The molecule has 0 spiro atoms. The highest BCUT2D eigenvalue weighted by Crippen LogP contribution is 2.30. The molecule has 0 radical (unpaired) electrons. The van der Waals surface area contributed by atoms with E-state index in [0.717, 1.165) is 5.56 Å². The van der Waals surface area contributed by atoms with Gasteiger partial charge in [0.15, 0.2) is 0 Å².